The summed E-state index contributed by atoms with van der Waals surface area (Å²) in [6.07, 6.45) is 0.874. The molecule has 1 aliphatic rings. The summed E-state index contributed by atoms with van der Waals surface area (Å²) in [5.41, 5.74) is 0.0540. The van der Waals surface area contributed by atoms with Gasteiger partial charge >= 0.3 is 0 Å². The third-order valence-electron chi connectivity index (χ3n) is 4.98. The van der Waals surface area contributed by atoms with Crippen LogP contribution in [0.2, 0.25) is 15.1 Å². The van der Waals surface area contributed by atoms with E-state index in [1.165, 1.54) is 24.4 Å². The summed E-state index contributed by atoms with van der Waals surface area (Å²) in [4.78, 5) is 30.4. The Balaban J connectivity index is 1.71. The fraction of sp³-hybridized carbons (Fsp3) is 0.273. The van der Waals surface area contributed by atoms with Crippen molar-refractivity contribution in [2.24, 2.45) is 0 Å². The number of sulfone groups is 1. The smallest absolute Gasteiger partial charge is 0.274 e. The predicted octanol–water partition coefficient (Wildman–Crippen LogP) is 3.79. The van der Waals surface area contributed by atoms with Crippen LogP contribution in [0.25, 0.3) is 5.82 Å². The van der Waals surface area contributed by atoms with Crippen LogP contribution in [0, 0.1) is 0 Å². The lowest BCUT2D eigenvalue weighted by atomic mass is 10.1. The molecule has 0 saturated carbocycles. The molecule has 0 spiro atoms. The van der Waals surface area contributed by atoms with E-state index in [1.54, 1.807) is 26.0 Å². The average Bonchev–Trinajstić information content (AvgIpc) is 3.17. The Morgan fingerprint density at radius 3 is 2.47 bits per heavy atom. The molecule has 36 heavy (non-hydrogen) atoms. The first-order valence-electron chi connectivity index (χ1n) is 10.6. The first-order valence-corrected chi connectivity index (χ1v) is 13.6. The van der Waals surface area contributed by atoms with Crippen LogP contribution >= 0.6 is 34.8 Å². The number of pyridine rings is 1. The molecule has 0 aliphatic carbocycles. The highest BCUT2D eigenvalue weighted by atomic mass is 35.5. The van der Waals surface area contributed by atoms with Crippen molar-refractivity contribution in [3.63, 3.8) is 0 Å². The van der Waals surface area contributed by atoms with Crippen molar-refractivity contribution >= 4 is 62.1 Å². The highest BCUT2D eigenvalue weighted by molar-refractivity contribution is 7.92. The van der Waals surface area contributed by atoms with Gasteiger partial charge in [-0.05, 0) is 38.1 Å². The van der Waals surface area contributed by atoms with Crippen molar-refractivity contribution in [1.82, 2.24) is 20.1 Å². The highest BCUT2D eigenvalue weighted by Crippen LogP contribution is 2.32. The molecular weight excluding hydrogens is 553 g/mol. The summed E-state index contributed by atoms with van der Waals surface area (Å²) >= 11 is 18.7. The zero-order valence-corrected chi connectivity index (χ0v) is 22.0. The number of hydrogen-bond acceptors (Lipinski definition) is 7. The number of aromatic nitrogens is 3. The maximum Gasteiger partial charge on any atom is 0.274 e. The molecule has 3 heterocycles. The number of nitrogens with one attached hydrogen (secondary N) is 2. The summed E-state index contributed by atoms with van der Waals surface area (Å²) in [7, 11) is -3.14. The standard InChI is InChI=1S/C22H20Cl3N5O5S/c1-11(2)27-21(31)14-6-12(23)7-16(25)19(14)28-22(32)17-8-18(35-13-9-36(33,34)10-13)29-30(17)20-15(24)4-3-5-26-20/h3-8,11,13H,9-10H2,1-2H3,(H,27,31)(H,28,32). The van der Waals surface area contributed by atoms with Crippen LogP contribution in [0.1, 0.15) is 34.7 Å². The van der Waals surface area contributed by atoms with Crippen molar-refractivity contribution < 1.29 is 22.7 Å². The summed E-state index contributed by atoms with van der Waals surface area (Å²) in [6.45, 7) is 3.57. The molecule has 2 N–H and O–H groups in total. The van der Waals surface area contributed by atoms with E-state index >= 15 is 0 Å². The number of carbonyl (C=O) groups is 2. The monoisotopic (exact) mass is 571 g/mol. The molecule has 0 bridgehead atoms. The maximum atomic E-state index is 13.4. The quantitative estimate of drug-likeness (QED) is 0.440. The van der Waals surface area contributed by atoms with Gasteiger partial charge in [0.1, 0.15) is 11.8 Å². The second-order valence-electron chi connectivity index (χ2n) is 8.30. The Bertz CT molecular complexity index is 1450. The van der Waals surface area contributed by atoms with Gasteiger partial charge in [0.05, 0.1) is 32.8 Å². The van der Waals surface area contributed by atoms with Crippen molar-refractivity contribution in [3.8, 4) is 11.7 Å². The van der Waals surface area contributed by atoms with Crippen LogP contribution < -0.4 is 15.4 Å². The Morgan fingerprint density at radius 2 is 1.83 bits per heavy atom. The Labute approximate surface area is 221 Å². The molecule has 2 aromatic heterocycles. The molecule has 4 rings (SSSR count). The number of ether oxygens (including phenoxy) is 1. The van der Waals surface area contributed by atoms with E-state index in [4.69, 9.17) is 39.5 Å². The maximum absolute atomic E-state index is 13.4. The van der Waals surface area contributed by atoms with Gasteiger partial charge < -0.3 is 15.4 Å². The largest absolute Gasteiger partial charge is 0.471 e. The van der Waals surface area contributed by atoms with Gasteiger partial charge in [0.15, 0.2) is 15.7 Å². The van der Waals surface area contributed by atoms with Crippen molar-refractivity contribution in [2.45, 2.75) is 26.0 Å². The molecule has 0 unspecified atom stereocenters. The SMILES string of the molecule is CC(C)NC(=O)c1cc(Cl)cc(Cl)c1NC(=O)c1cc(OC2CS(=O)(=O)C2)nn1-c1ncccc1Cl. The number of halogens is 3. The number of benzene rings is 1. The average molecular weight is 573 g/mol. The number of amides is 2. The summed E-state index contributed by atoms with van der Waals surface area (Å²) in [5.74, 6) is -1.35. The van der Waals surface area contributed by atoms with Crippen LogP contribution in [-0.2, 0) is 9.84 Å². The lowest BCUT2D eigenvalue weighted by Gasteiger charge is -2.25. The lowest BCUT2D eigenvalue weighted by Crippen LogP contribution is -2.45. The molecule has 0 atom stereocenters. The van der Waals surface area contributed by atoms with Gasteiger partial charge in [-0.15, -0.1) is 5.10 Å². The second-order valence-corrected chi connectivity index (χ2v) is 11.7. The van der Waals surface area contributed by atoms with Crippen LogP contribution in [0.4, 0.5) is 5.69 Å². The third-order valence-corrected chi connectivity index (χ3v) is 7.55. The van der Waals surface area contributed by atoms with Crippen molar-refractivity contribution in [3.05, 3.63) is 62.9 Å². The van der Waals surface area contributed by atoms with Gasteiger partial charge in [-0.25, -0.2) is 18.1 Å². The Morgan fingerprint density at radius 1 is 1.11 bits per heavy atom. The predicted molar refractivity (Wildman–Crippen MR) is 136 cm³/mol. The minimum Gasteiger partial charge on any atom is -0.471 e. The Kier molecular flexibility index (Phi) is 7.46. The van der Waals surface area contributed by atoms with E-state index in [-0.39, 0.29) is 61.3 Å². The first kappa shape index (κ1) is 26.2. The van der Waals surface area contributed by atoms with Gasteiger partial charge in [-0.1, -0.05) is 34.8 Å². The molecule has 190 valence electrons. The molecular formula is C22H20Cl3N5O5S. The molecule has 3 aromatic rings. The number of hydrogen-bond donors (Lipinski definition) is 2. The van der Waals surface area contributed by atoms with E-state index in [9.17, 15) is 18.0 Å². The Hall–Kier alpha value is -2.86. The lowest BCUT2D eigenvalue weighted by molar-refractivity contribution is 0.0944. The van der Waals surface area contributed by atoms with Gasteiger partial charge in [0.2, 0.25) is 5.88 Å². The number of carbonyl (C=O) groups excluding carboxylic acids is 2. The van der Waals surface area contributed by atoms with Crippen LogP contribution in [0.5, 0.6) is 5.88 Å². The number of rotatable bonds is 7. The molecule has 14 heteroatoms. The molecule has 10 nitrogen and oxygen atoms in total. The molecule has 2 amide bonds. The van der Waals surface area contributed by atoms with E-state index in [0.717, 1.165) is 4.68 Å². The van der Waals surface area contributed by atoms with Crippen LogP contribution in [0.15, 0.2) is 36.5 Å². The topological polar surface area (TPSA) is 132 Å². The zero-order valence-electron chi connectivity index (χ0n) is 19.0. The van der Waals surface area contributed by atoms with Crippen molar-refractivity contribution in [2.75, 3.05) is 16.8 Å². The van der Waals surface area contributed by atoms with Crippen molar-refractivity contribution in [1.29, 1.82) is 0 Å². The van der Waals surface area contributed by atoms with Gasteiger partial charge in [0, 0.05) is 23.3 Å². The summed E-state index contributed by atoms with van der Waals surface area (Å²) in [6, 6.07) is 7.10. The second kappa shape index (κ2) is 10.3. The summed E-state index contributed by atoms with van der Waals surface area (Å²) in [5, 5.41) is 10.1. The first-order chi connectivity index (χ1) is 16.9. The molecule has 1 aliphatic heterocycles. The van der Waals surface area contributed by atoms with Crippen LogP contribution in [0.3, 0.4) is 0 Å². The van der Waals surface area contributed by atoms with E-state index in [1.807, 2.05) is 0 Å². The molecule has 1 fully saturated rings. The van der Waals surface area contributed by atoms with E-state index in [0.29, 0.717) is 0 Å². The van der Waals surface area contributed by atoms with Gasteiger partial charge in [0.25, 0.3) is 11.8 Å². The fourth-order valence-electron chi connectivity index (χ4n) is 3.43. The minimum absolute atomic E-state index is 0.00162. The fourth-order valence-corrected chi connectivity index (χ4v) is 5.34. The van der Waals surface area contributed by atoms with Gasteiger partial charge in [-0.3, -0.25) is 9.59 Å². The van der Waals surface area contributed by atoms with Crippen LogP contribution in [-0.4, -0.2) is 58.6 Å². The molecule has 1 aromatic carbocycles. The third kappa shape index (κ3) is 5.75. The minimum atomic E-state index is -3.14. The zero-order chi connectivity index (χ0) is 26.2. The normalized spacial score (nSPS) is 14.8. The number of anilines is 1. The molecule has 0 radical (unpaired) electrons. The van der Waals surface area contributed by atoms with E-state index < -0.39 is 27.8 Å². The summed E-state index contributed by atoms with van der Waals surface area (Å²) < 4.78 is 29.8. The van der Waals surface area contributed by atoms with E-state index in [2.05, 4.69) is 20.7 Å². The highest BCUT2D eigenvalue weighted by Gasteiger charge is 2.36. The number of nitrogens with zero attached hydrogens (tertiary/aromatic N) is 3. The van der Waals surface area contributed by atoms with Gasteiger partial charge in [-0.2, -0.15) is 0 Å². The molecule has 1 saturated heterocycles.